The van der Waals surface area contributed by atoms with Crippen molar-refractivity contribution in [3.8, 4) is 0 Å². The van der Waals surface area contributed by atoms with Gasteiger partial charge in [0.25, 0.3) is 15.9 Å². The first-order valence-corrected chi connectivity index (χ1v) is 11.5. The first-order chi connectivity index (χ1) is 14.8. The molecule has 1 N–H and O–H groups in total. The average molecular weight is 497 g/mol. The van der Waals surface area contributed by atoms with E-state index in [9.17, 15) is 13.2 Å². The fourth-order valence-electron chi connectivity index (χ4n) is 2.61. The first kappa shape index (κ1) is 23.1. The van der Waals surface area contributed by atoms with Gasteiger partial charge in [-0.3, -0.25) is 9.10 Å². The Labute approximate surface area is 195 Å². The number of benzene rings is 3. The van der Waals surface area contributed by atoms with Crippen molar-refractivity contribution in [2.24, 2.45) is 5.10 Å². The maximum absolute atomic E-state index is 13.2. The summed E-state index contributed by atoms with van der Waals surface area (Å²) in [5.41, 5.74) is 3.06. The van der Waals surface area contributed by atoms with Crippen LogP contribution in [0.1, 0.15) is 5.56 Å². The lowest BCUT2D eigenvalue weighted by Gasteiger charge is -2.23. The van der Waals surface area contributed by atoms with Gasteiger partial charge in [-0.25, -0.2) is 13.8 Å². The molecule has 160 valence electrons. The second kappa shape index (κ2) is 10.2. The summed E-state index contributed by atoms with van der Waals surface area (Å²) in [7, 11) is -4.04. The van der Waals surface area contributed by atoms with Crippen LogP contribution in [0, 0.1) is 0 Å². The van der Waals surface area contributed by atoms with E-state index in [1.54, 1.807) is 48.5 Å². The molecular weight excluding hydrogens is 481 g/mol. The summed E-state index contributed by atoms with van der Waals surface area (Å²) in [6.07, 6.45) is 1.29. The van der Waals surface area contributed by atoms with Crippen molar-refractivity contribution in [2.45, 2.75) is 4.90 Å². The number of nitrogens with zero attached hydrogens (tertiary/aromatic N) is 2. The van der Waals surface area contributed by atoms with Gasteiger partial charge in [-0.2, -0.15) is 5.10 Å². The van der Waals surface area contributed by atoms with Crippen LogP contribution in [0.2, 0.25) is 15.1 Å². The minimum Gasteiger partial charge on any atom is -0.271 e. The molecule has 3 aromatic rings. The van der Waals surface area contributed by atoms with Gasteiger partial charge in [-0.1, -0.05) is 59.1 Å². The number of nitrogens with one attached hydrogen (secondary N) is 1. The van der Waals surface area contributed by atoms with E-state index < -0.39 is 22.5 Å². The predicted molar refractivity (Wildman–Crippen MR) is 125 cm³/mol. The maximum Gasteiger partial charge on any atom is 0.264 e. The molecule has 6 nitrogen and oxygen atoms in total. The molecule has 0 bridgehead atoms. The van der Waals surface area contributed by atoms with Gasteiger partial charge < -0.3 is 0 Å². The van der Waals surface area contributed by atoms with E-state index in [1.807, 2.05) is 0 Å². The van der Waals surface area contributed by atoms with E-state index in [0.717, 1.165) is 4.31 Å². The molecule has 3 aromatic carbocycles. The lowest BCUT2D eigenvalue weighted by Crippen LogP contribution is -2.39. The summed E-state index contributed by atoms with van der Waals surface area (Å²) in [6.45, 7) is -0.497. The summed E-state index contributed by atoms with van der Waals surface area (Å²) in [6, 6.07) is 18.9. The predicted octanol–water partition coefficient (Wildman–Crippen LogP) is 4.99. The first-order valence-electron chi connectivity index (χ1n) is 8.88. The zero-order chi connectivity index (χ0) is 22.4. The van der Waals surface area contributed by atoms with Crippen LogP contribution in [0.5, 0.6) is 0 Å². The monoisotopic (exact) mass is 495 g/mol. The second-order valence-electron chi connectivity index (χ2n) is 6.23. The molecular formula is C21H16Cl3N3O3S. The number of carbonyl (C=O) groups excluding carboxylic acids is 1. The van der Waals surface area contributed by atoms with Crippen molar-refractivity contribution >= 4 is 62.6 Å². The summed E-state index contributed by atoms with van der Waals surface area (Å²) in [5, 5.41) is 4.97. The second-order valence-corrected chi connectivity index (χ2v) is 9.34. The number of sulfonamides is 1. The van der Waals surface area contributed by atoms with Crippen molar-refractivity contribution < 1.29 is 13.2 Å². The summed E-state index contributed by atoms with van der Waals surface area (Å²) in [4.78, 5) is 12.5. The van der Waals surface area contributed by atoms with Gasteiger partial charge in [0.1, 0.15) is 6.54 Å². The van der Waals surface area contributed by atoms with E-state index in [4.69, 9.17) is 34.8 Å². The molecule has 0 saturated carbocycles. The van der Waals surface area contributed by atoms with Crippen LogP contribution in [0.25, 0.3) is 0 Å². The Morgan fingerprint density at radius 2 is 1.52 bits per heavy atom. The molecule has 0 aliphatic heterocycles. The highest BCUT2D eigenvalue weighted by Gasteiger charge is 2.27. The van der Waals surface area contributed by atoms with Gasteiger partial charge in [0.2, 0.25) is 0 Å². The summed E-state index contributed by atoms with van der Waals surface area (Å²) >= 11 is 18.0. The Bertz CT molecular complexity index is 1180. The average Bonchev–Trinajstić information content (AvgIpc) is 2.75. The third-order valence-electron chi connectivity index (χ3n) is 4.12. The highest BCUT2D eigenvalue weighted by Crippen LogP contribution is 2.25. The van der Waals surface area contributed by atoms with E-state index in [-0.39, 0.29) is 4.90 Å². The van der Waals surface area contributed by atoms with Gasteiger partial charge in [-0.15, -0.1) is 0 Å². The Morgan fingerprint density at radius 1 is 0.903 bits per heavy atom. The minimum absolute atomic E-state index is 0.0000893. The van der Waals surface area contributed by atoms with Crippen molar-refractivity contribution in [2.75, 3.05) is 10.8 Å². The smallest absolute Gasteiger partial charge is 0.264 e. The van der Waals surface area contributed by atoms with Crippen LogP contribution in [-0.4, -0.2) is 27.1 Å². The minimum atomic E-state index is -4.04. The van der Waals surface area contributed by atoms with Gasteiger partial charge in [-0.05, 0) is 48.5 Å². The van der Waals surface area contributed by atoms with Crippen molar-refractivity contribution in [1.82, 2.24) is 5.43 Å². The third kappa shape index (κ3) is 5.77. The molecule has 0 aliphatic carbocycles. The van der Waals surface area contributed by atoms with E-state index in [0.29, 0.717) is 26.3 Å². The van der Waals surface area contributed by atoms with Gasteiger partial charge in [0, 0.05) is 10.6 Å². The summed E-state index contributed by atoms with van der Waals surface area (Å²) < 4.78 is 27.4. The molecule has 0 spiro atoms. The standard InChI is InChI=1S/C21H16Cl3N3O3S/c22-15-9-11-17(12-10-15)31(29,30)27(16-5-2-1-3-6-16)14-21(28)26-25-13-18-19(23)7-4-8-20(18)24/h1-13H,14H2,(H,26,28)/b25-13-. The normalized spacial score (nSPS) is 11.5. The Morgan fingerprint density at radius 3 is 2.13 bits per heavy atom. The zero-order valence-corrected chi connectivity index (χ0v) is 19.0. The Kier molecular flexibility index (Phi) is 7.56. The maximum atomic E-state index is 13.2. The van der Waals surface area contributed by atoms with Crippen LogP contribution < -0.4 is 9.73 Å². The number of amides is 1. The number of anilines is 1. The van der Waals surface area contributed by atoms with Crippen LogP contribution in [0.3, 0.4) is 0 Å². The molecule has 0 aromatic heterocycles. The highest BCUT2D eigenvalue weighted by atomic mass is 35.5. The number of carbonyl (C=O) groups is 1. The number of hydrogen-bond acceptors (Lipinski definition) is 4. The number of halogens is 3. The SMILES string of the molecule is O=C(CN(c1ccccc1)S(=O)(=O)c1ccc(Cl)cc1)N/N=C\c1c(Cl)cccc1Cl. The van der Waals surface area contributed by atoms with Crippen LogP contribution in [0.4, 0.5) is 5.69 Å². The number of hydrogen-bond donors (Lipinski definition) is 1. The van der Waals surface area contributed by atoms with Crippen molar-refractivity contribution in [3.05, 3.63) is 93.4 Å². The summed E-state index contributed by atoms with van der Waals surface area (Å²) in [5.74, 6) is -0.652. The molecule has 0 fully saturated rings. The third-order valence-corrected chi connectivity index (χ3v) is 6.81. The zero-order valence-electron chi connectivity index (χ0n) is 15.9. The van der Waals surface area contributed by atoms with Crippen LogP contribution >= 0.6 is 34.8 Å². The molecule has 0 heterocycles. The fourth-order valence-corrected chi connectivity index (χ4v) is 4.65. The molecule has 0 unspecified atom stereocenters. The number of hydrazone groups is 1. The fraction of sp³-hybridized carbons (Fsp3) is 0.0476. The van der Waals surface area contributed by atoms with E-state index in [1.165, 1.54) is 30.5 Å². The molecule has 1 amide bonds. The van der Waals surface area contributed by atoms with Crippen molar-refractivity contribution in [3.63, 3.8) is 0 Å². The van der Waals surface area contributed by atoms with Crippen molar-refractivity contribution in [1.29, 1.82) is 0 Å². The largest absolute Gasteiger partial charge is 0.271 e. The lowest BCUT2D eigenvalue weighted by atomic mass is 10.2. The molecule has 10 heteroatoms. The lowest BCUT2D eigenvalue weighted by molar-refractivity contribution is -0.119. The van der Waals surface area contributed by atoms with Gasteiger partial charge >= 0.3 is 0 Å². The van der Waals surface area contributed by atoms with E-state index in [2.05, 4.69) is 10.5 Å². The molecule has 0 aliphatic rings. The molecule has 0 radical (unpaired) electrons. The van der Waals surface area contributed by atoms with Crippen LogP contribution in [-0.2, 0) is 14.8 Å². The molecule has 31 heavy (non-hydrogen) atoms. The van der Waals surface area contributed by atoms with Gasteiger partial charge in [0.15, 0.2) is 0 Å². The van der Waals surface area contributed by atoms with Crippen LogP contribution in [0.15, 0.2) is 82.8 Å². The molecule has 0 atom stereocenters. The van der Waals surface area contributed by atoms with E-state index >= 15 is 0 Å². The topological polar surface area (TPSA) is 78.8 Å². The Balaban J connectivity index is 1.83. The Hall–Kier alpha value is -2.58. The molecule has 0 saturated heterocycles. The molecule has 3 rings (SSSR count). The number of para-hydroxylation sites is 1. The van der Waals surface area contributed by atoms with Gasteiger partial charge in [0.05, 0.1) is 26.8 Å². The highest BCUT2D eigenvalue weighted by molar-refractivity contribution is 7.92. The quantitative estimate of drug-likeness (QED) is 0.370. The number of rotatable bonds is 7.